The molecule has 1 aromatic heterocycles. The molecule has 0 saturated heterocycles. The Morgan fingerprint density at radius 2 is 1.65 bits per heavy atom. The second-order valence-electron chi connectivity index (χ2n) is 4.03. The van der Waals surface area contributed by atoms with Gasteiger partial charge in [-0.2, -0.15) is 5.26 Å². The molecule has 2 rings (SSSR count). The van der Waals surface area contributed by atoms with Crippen LogP contribution in [0.15, 0.2) is 36.7 Å². The van der Waals surface area contributed by atoms with E-state index in [1.165, 1.54) is 0 Å². The fourth-order valence-corrected chi connectivity index (χ4v) is 1.69. The van der Waals surface area contributed by atoms with Crippen LogP contribution >= 0.6 is 0 Å². The van der Waals surface area contributed by atoms with Gasteiger partial charge in [0.1, 0.15) is 12.4 Å². The monoisotopic (exact) mass is 285 g/mol. The molecule has 0 bridgehead atoms. The minimum absolute atomic E-state index is 0.690. The van der Waals surface area contributed by atoms with Crippen molar-refractivity contribution in [2.45, 2.75) is 0 Å². The van der Waals surface area contributed by atoms with Crippen molar-refractivity contribution in [3.8, 4) is 17.5 Å². The van der Waals surface area contributed by atoms with E-state index in [-0.39, 0.29) is 0 Å². The van der Waals surface area contributed by atoms with Gasteiger partial charge in [-0.3, -0.25) is 0 Å². The van der Waals surface area contributed by atoms with Crippen LogP contribution in [-0.2, 0) is 14.1 Å². The summed E-state index contributed by atoms with van der Waals surface area (Å²) in [5.41, 5.74) is 1.81. The molecule has 0 amide bonds. The summed E-state index contributed by atoms with van der Waals surface area (Å²) >= 11 is 0. The molecule has 0 radical (unpaired) electrons. The van der Waals surface area contributed by atoms with Crippen molar-refractivity contribution in [3.63, 3.8) is 0 Å². The maximum atomic E-state index is 9.75. The summed E-state index contributed by atoms with van der Waals surface area (Å²) in [6.07, 6.45) is 4.01. The van der Waals surface area contributed by atoms with Crippen LogP contribution in [-0.4, -0.2) is 11.8 Å². The molecule has 0 fully saturated rings. The molecule has 8 heteroatoms. The summed E-state index contributed by atoms with van der Waals surface area (Å²) in [6.45, 7) is 0. The molecule has 0 saturated carbocycles. The van der Waals surface area contributed by atoms with Crippen LogP contribution in [0.5, 0.6) is 0 Å². The molecule has 1 heterocycles. The molecule has 0 aliphatic heterocycles. The topological polar surface area (TPSA) is 32.6 Å². The van der Waals surface area contributed by atoms with Gasteiger partial charge in [-0.25, -0.2) is 9.13 Å². The van der Waals surface area contributed by atoms with Crippen molar-refractivity contribution in [1.29, 1.82) is 5.26 Å². The van der Waals surface area contributed by atoms with E-state index >= 15 is 0 Å². The third kappa shape index (κ3) is 4.76. The number of nitrogens with zero attached hydrogens (tertiary/aromatic N) is 3. The zero-order valence-corrected chi connectivity index (χ0v) is 10.9. The fourth-order valence-electron chi connectivity index (χ4n) is 1.69. The number of nitriles is 1. The molecule has 0 atom stereocenters. The molecule has 20 heavy (non-hydrogen) atoms. The van der Waals surface area contributed by atoms with E-state index in [1.807, 2.05) is 50.8 Å². The second-order valence-corrected chi connectivity index (χ2v) is 4.03. The minimum Gasteiger partial charge on any atom is -0.418 e. The van der Waals surface area contributed by atoms with E-state index in [2.05, 4.69) is 15.2 Å². The van der Waals surface area contributed by atoms with Gasteiger partial charge in [-0.15, -0.1) is 0 Å². The highest BCUT2D eigenvalue weighted by atomic mass is 19.5. The van der Waals surface area contributed by atoms with E-state index in [0.29, 0.717) is 5.56 Å². The SMILES string of the molecule is Cn1cc[n+](C)c1-c1ccc(C#N)cc1.F[B-](F)(F)F. The number of hydrogen-bond acceptors (Lipinski definition) is 1. The van der Waals surface area contributed by atoms with Crippen LogP contribution < -0.4 is 4.57 Å². The summed E-state index contributed by atoms with van der Waals surface area (Å²) in [5, 5.41) is 8.71. The zero-order chi connectivity index (χ0) is 15.3. The van der Waals surface area contributed by atoms with E-state index in [0.717, 1.165) is 11.4 Å². The molecule has 0 aliphatic rings. The molecule has 0 unspecified atom stereocenters. The van der Waals surface area contributed by atoms with Gasteiger partial charge in [0, 0.05) is 0 Å². The Hall–Kier alpha value is -2.30. The van der Waals surface area contributed by atoms with Crippen LogP contribution in [0.1, 0.15) is 5.56 Å². The summed E-state index contributed by atoms with van der Waals surface area (Å²) in [6, 6.07) is 9.72. The van der Waals surface area contributed by atoms with Crippen molar-refractivity contribution in [2.24, 2.45) is 14.1 Å². The lowest BCUT2D eigenvalue weighted by Gasteiger charge is -1.98. The molecular weight excluding hydrogens is 273 g/mol. The third-order valence-corrected chi connectivity index (χ3v) is 2.45. The van der Waals surface area contributed by atoms with E-state index in [9.17, 15) is 17.3 Å². The normalized spacial score (nSPS) is 10.4. The first-order chi connectivity index (χ1) is 9.22. The Balaban J connectivity index is 0.000000347. The molecule has 2 aromatic rings. The molecule has 106 valence electrons. The van der Waals surface area contributed by atoms with Crippen molar-refractivity contribution in [3.05, 3.63) is 42.2 Å². The summed E-state index contributed by atoms with van der Waals surface area (Å²) in [5.74, 6) is 1.12. The zero-order valence-electron chi connectivity index (χ0n) is 10.9. The largest absolute Gasteiger partial charge is 0.673 e. The maximum Gasteiger partial charge on any atom is 0.673 e. The van der Waals surface area contributed by atoms with Crippen LogP contribution in [0.4, 0.5) is 17.3 Å². The van der Waals surface area contributed by atoms with Crippen molar-refractivity contribution in [1.82, 2.24) is 4.57 Å². The van der Waals surface area contributed by atoms with Gasteiger partial charge in [0.05, 0.1) is 31.3 Å². The summed E-state index contributed by atoms with van der Waals surface area (Å²) < 4.78 is 43.1. The lowest BCUT2D eigenvalue weighted by atomic mass is 10.1. The van der Waals surface area contributed by atoms with E-state index in [4.69, 9.17) is 5.26 Å². The average Bonchev–Trinajstić information content (AvgIpc) is 2.67. The maximum absolute atomic E-state index is 9.75. The highest BCUT2D eigenvalue weighted by Crippen LogP contribution is 2.15. The Morgan fingerprint density at radius 3 is 2.00 bits per heavy atom. The van der Waals surface area contributed by atoms with Crippen molar-refractivity contribution < 1.29 is 21.8 Å². The van der Waals surface area contributed by atoms with E-state index < -0.39 is 7.25 Å². The lowest BCUT2D eigenvalue weighted by molar-refractivity contribution is -0.659. The first kappa shape index (κ1) is 15.8. The molecule has 3 nitrogen and oxygen atoms in total. The molecule has 0 spiro atoms. The minimum atomic E-state index is -6.00. The predicted molar refractivity (Wildman–Crippen MR) is 66.9 cm³/mol. The first-order valence-electron chi connectivity index (χ1n) is 5.61. The molecule has 1 aromatic carbocycles. The van der Waals surface area contributed by atoms with Crippen LogP contribution in [0, 0.1) is 11.3 Å². The lowest BCUT2D eigenvalue weighted by Crippen LogP contribution is -2.28. The van der Waals surface area contributed by atoms with Gasteiger partial charge >= 0.3 is 7.25 Å². The Bertz CT molecular complexity index is 586. The second kappa shape index (κ2) is 6.24. The van der Waals surface area contributed by atoms with Crippen LogP contribution in [0.2, 0.25) is 0 Å². The number of halogens is 4. The van der Waals surface area contributed by atoms with Gasteiger partial charge in [0.15, 0.2) is 0 Å². The van der Waals surface area contributed by atoms with Crippen molar-refractivity contribution >= 4 is 7.25 Å². The molecule has 0 N–H and O–H groups in total. The number of aromatic nitrogens is 2. The average molecular weight is 285 g/mol. The van der Waals surface area contributed by atoms with Gasteiger partial charge in [0.2, 0.25) is 0 Å². The number of rotatable bonds is 1. The van der Waals surface area contributed by atoms with Gasteiger partial charge < -0.3 is 17.3 Å². The first-order valence-corrected chi connectivity index (χ1v) is 5.61. The molecule has 0 aliphatic carbocycles. The quantitative estimate of drug-likeness (QED) is 0.450. The highest BCUT2D eigenvalue weighted by molar-refractivity contribution is 6.50. The fraction of sp³-hybridized carbons (Fsp3) is 0.167. The van der Waals surface area contributed by atoms with Gasteiger partial charge in [-0.05, 0) is 24.3 Å². The highest BCUT2D eigenvalue weighted by Gasteiger charge is 2.20. The van der Waals surface area contributed by atoms with Gasteiger partial charge in [0.25, 0.3) is 5.82 Å². The Morgan fingerprint density at radius 1 is 1.15 bits per heavy atom. The van der Waals surface area contributed by atoms with Gasteiger partial charge in [-0.1, -0.05) is 0 Å². The molecular formula is C12H12BF4N3. The number of aryl methyl sites for hydroxylation is 2. The Kier molecular flexibility index (Phi) is 4.91. The standard InChI is InChI=1S/C12H12N3.BF4/c1-14-7-8-15(2)12(14)11-5-3-10(9-13)4-6-11;2-1(3,4)5/h3-8H,1-2H3;/q+1;-1. The summed E-state index contributed by atoms with van der Waals surface area (Å²) in [7, 11) is -1.99. The van der Waals surface area contributed by atoms with Crippen molar-refractivity contribution in [2.75, 3.05) is 0 Å². The summed E-state index contributed by atoms with van der Waals surface area (Å²) in [4.78, 5) is 0. The van der Waals surface area contributed by atoms with Crippen LogP contribution in [0.25, 0.3) is 11.4 Å². The number of benzene rings is 1. The number of hydrogen-bond donors (Lipinski definition) is 0. The van der Waals surface area contributed by atoms with E-state index in [1.54, 1.807) is 0 Å². The Labute approximate surface area is 113 Å². The predicted octanol–water partition coefficient (Wildman–Crippen LogP) is 2.69. The van der Waals surface area contributed by atoms with Crippen LogP contribution in [0.3, 0.4) is 0 Å². The smallest absolute Gasteiger partial charge is 0.418 e. The number of imidazole rings is 1. The third-order valence-electron chi connectivity index (χ3n) is 2.45.